The number of aromatic nitrogens is 3. The first kappa shape index (κ1) is 15.2. The van der Waals surface area contributed by atoms with E-state index in [9.17, 15) is 0 Å². The molecule has 0 fully saturated rings. The Morgan fingerprint density at radius 3 is 2.48 bits per heavy atom. The van der Waals surface area contributed by atoms with Gasteiger partial charge in [0.1, 0.15) is 17.5 Å². The van der Waals surface area contributed by atoms with Gasteiger partial charge in [-0.25, -0.2) is 9.97 Å². The normalized spacial score (nSPS) is 11.3. The van der Waals surface area contributed by atoms with Crippen LogP contribution < -0.4 is 10.6 Å². The van der Waals surface area contributed by atoms with Crippen LogP contribution >= 0.6 is 0 Å². The molecule has 2 rings (SSSR count). The van der Waals surface area contributed by atoms with Gasteiger partial charge in [0, 0.05) is 24.7 Å². The number of hydrogen-bond acceptors (Lipinski definition) is 5. The molecule has 0 aromatic carbocycles. The highest BCUT2D eigenvalue weighted by Crippen LogP contribution is 2.22. The highest BCUT2D eigenvalue weighted by Gasteiger charge is 2.19. The summed E-state index contributed by atoms with van der Waals surface area (Å²) in [6.45, 7) is 9.03. The van der Waals surface area contributed by atoms with Crippen molar-refractivity contribution in [3.05, 3.63) is 41.5 Å². The first-order valence-electron chi connectivity index (χ1n) is 7.12. The fourth-order valence-electron chi connectivity index (χ4n) is 1.88. The van der Waals surface area contributed by atoms with Gasteiger partial charge < -0.3 is 10.6 Å². The fourth-order valence-corrected chi connectivity index (χ4v) is 1.88. The molecule has 0 atom stereocenters. The van der Waals surface area contributed by atoms with Crippen molar-refractivity contribution in [3.8, 4) is 0 Å². The van der Waals surface area contributed by atoms with Crippen molar-refractivity contribution < 1.29 is 0 Å². The largest absolute Gasteiger partial charge is 0.373 e. The lowest BCUT2D eigenvalue weighted by Gasteiger charge is -2.19. The third kappa shape index (κ3) is 3.90. The first-order valence-corrected chi connectivity index (χ1v) is 7.12. The van der Waals surface area contributed by atoms with Crippen LogP contribution in [0.15, 0.2) is 24.4 Å². The van der Waals surface area contributed by atoms with Crippen molar-refractivity contribution in [3.63, 3.8) is 0 Å². The Balaban J connectivity index is 2.22. The van der Waals surface area contributed by atoms with Gasteiger partial charge in [-0.05, 0) is 18.6 Å². The standard InChI is InChI=1S/C16H23N5/c1-11-7-6-8-18-12(11)10-19-14-9-13(17-5)20-15(21-14)16(2,3)4/h6-9H,10H2,1-5H3,(H2,17,19,20,21). The summed E-state index contributed by atoms with van der Waals surface area (Å²) in [4.78, 5) is 13.5. The zero-order valence-corrected chi connectivity index (χ0v) is 13.4. The van der Waals surface area contributed by atoms with E-state index in [2.05, 4.69) is 59.3 Å². The molecule has 2 aromatic rings. The second kappa shape index (κ2) is 6.08. The lowest BCUT2D eigenvalue weighted by Crippen LogP contribution is -2.18. The van der Waals surface area contributed by atoms with E-state index in [4.69, 9.17) is 0 Å². The van der Waals surface area contributed by atoms with Crippen molar-refractivity contribution >= 4 is 11.6 Å². The molecule has 0 radical (unpaired) electrons. The van der Waals surface area contributed by atoms with Crippen molar-refractivity contribution in [2.45, 2.75) is 39.7 Å². The Bertz CT molecular complexity index is 616. The van der Waals surface area contributed by atoms with Crippen LogP contribution in [0.4, 0.5) is 11.6 Å². The summed E-state index contributed by atoms with van der Waals surface area (Å²) < 4.78 is 0. The molecule has 2 N–H and O–H groups in total. The molecule has 5 heteroatoms. The van der Waals surface area contributed by atoms with Crippen LogP contribution in [0.5, 0.6) is 0 Å². The molecule has 0 aliphatic carbocycles. The lowest BCUT2D eigenvalue weighted by molar-refractivity contribution is 0.546. The molecule has 0 spiro atoms. The van der Waals surface area contributed by atoms with E-state index < -0.39 is 0 Å². The molecule has 2 aromatic heterocycles. The highest BCUT2D eigenvalue weighted by molar-refractivity contribution is 5.48. The summed E-state index contributed by atoms with van der Waals surface area (Å²) >= 11 is 0. The van der Waals surface area contributed by atoms with Gasteiger partial charge >= 0.3 is 0 Å². The average Bonchev–Trinajstić information content (AvgIpc) is 2.45. The number of pyridine rings is 1. The second-order valence-electron chi connectivity index (χ2n) is 6.08. The average molecular weight is 285 g/mol. The molecule has 112 valence electrons. The zero-order valence-electron chi connectivity index (χ0n) is 13.4. The minimum Gasteiger partial charge on any atom is -0.373 e. The van der Waals surface area contributed by atoms with E-state index in [-0.39, 0.29) is 5.41 Å². The summed E-state index contributed by atoms with van der Waals surface area (Å²) in [6.07, 6.45) is 1.81. The highest BCUT2D eigenvalue weighted by atomic mass is 15.1. The van der Waals surface area contributed by atoms with Gasteiger partial charge in [0.25, 0.3) is 0 Å². The van der Waals surface area contributed by atoms with E-state index in [1.807, 2.05) is 25.4 Å². The van der Waals surface area contributed by atoms with Crippen LogP contribution in [0.2, 0.25) is 0 Å². The molecular weight excluding hydrogens is 262 g/mol. The molecule has 0 bridgehead atoms. The van der Waals surface area contributed by atoms with Crippen LogP contribution in [0.1, 0.15) is 37.9 Å². The lowest BCUT2D eigenvalue weighted by atomic mass is 9.96. The Hall–Kier alpha value is -2.17. The molecular formula is C16H23N5. The van der Waals surface area contributed by atoms with Gasteiger partial charge in [-0.2, -0.15) is 0 Å². The van der Waals surface area contributed by atoms with Gasteiger partial charge in [-0.3, -0.25) is 4.98 Å². The monoisotopic (exact) mass is 285 g/mol. The van der Waals surface area contributed by atoms with E-state index in [1.54, 1.807) is 0 Å². The quantitative estimate of drug-likeness (QED) is 0.903. The Morgan fingerprint density at radius 1 is 1.14 bits per heavy atom. The SMILES string of the molecule is CNc1cc(NCc2ncccc2C)nc(C(C)(C)C)n1. The fraction of sp³-hybridized carbons (Fsp3) is 0.438. The van der Waals surface area contributed by atoms with Gasteiger partial charge in [-0.1, -0.05) is 26.8 Å². The number of aryl methyl sites for hydroxylation is 1. The molecule has 2 heterocycles. The number of nitrogens with one attached hydrogen (secondary N) is 2. The summed E-state index contributed by atoms with van der Waals surface area (Å²) in [7, 11) is 1.86. The maximum absolute atomic E-state index is 4.61. The Labute approximate surface area is 126 Å². The molecule has 0 unspecified atom stereocenters. The van der Waals surface area contributed by atoms with Crippen LogP contribution in [0.3, 0.4) is 0 Å². The summed E-state index contributed by atoms with van der Waals surface area (Å²) in [5.74, 6) is 2.44. The third-order valence-electron chi connectivity index (χ3n) is 3.21. The van der Waals surface area contributed by atoms with Crippen molar-refractivity contribution in [1.82, 2.24) is 15.0 Å². The van der Waals surface area contributed by atoms with E-state index in [0.29, 0.717) is 6.54 Å². The number of nitrogens with zero attached hydrogens (tertiary/aromatic N) is 3. The van der Waals surface area contributed by atoms with E-state index >= 15 is 0 Å². The van der Waals surface area contributed by atoms with E-state index in [0.717, 1.165) is 23.2 Å². The number of hydrogen-bond donors (Lipinski definition) is 2. The Kier molecular flexibility index (Phi) is 4.40. The van der Waals surface area contributed by atoms with E-state index in [1.165, 1.54) is 5.56 Å². The van der Waals surface area contributed by atoms with Crippen molar-refractivity contribution in [2.75, 3.05) is 17.7 Å². The molecule has 0 aliphatic heterocycles. The van der Waals surface area contributed by atoms with Gasteiger partial charge in [0.05, 0.1) is 12.2 Å². The first-order chi connectivity index (χ1) is 9.90. The predicted molar refractivity (Wildman–Crippen MR) is 86.6 cm³/mol. The minimum absolute atomic E-state index is 0.0931. The zero-order chi connectivity index (χ0) is 15.5. The smallest absolute Gasteiger partial charge is 0.138 e. The predicted octanol–water partition coefficient (Wildman–Crippen LogP) is 3.13. The van der Waals surface area contributed by atoms with Crippen LogP contribution in [-0.4, -0.2) is 22.0 Å². The summed E-state index contributed by atoms with van der Waals surface area (Å²) in [6, 6.07) is 5.91. The summed E-state index contributed by atoms with van der Waals surface area (Å²) in [5, 5.41) is 6.42. The van der Waals surface area contributed by atoms with Crippen LogP contribution in [0.25, 0.3) is 0 Å². The maximum Gasteiger partial charge on any atom is 0.138 e. The maximum atomic E-state index is 4.61. The molecule has 0 aliphatic rings. The van der Waals surface area contributed by atoms with Gasteiger partial charge in [-0.15, -0.1) is 0 Å². The van der Waals surface area contributed by atoms with Crippen molar-refractivity contribution in [1.29, 1.82) is 0 Å². The minimum atomic E-state index is -0.0931. The molecule has 0 saturated heterocycles. The molecule has 5 nitrogen and oxygen atoms in total. The second-order valence-corrected chi connectivity index (χ2v) is 6.08. The summed E-state index contributed by atoms with van der Waals surface area (Å²) in [5.41, 5.74) is 2.10. The number of anilines is 2. The molecule has 0 saturated carbocycles. The van der Waals surface area contributed by atoms with Crippen LogP contribution in [0, 0.1) is 6.92 Å². The number of rotatable bonds is 4. The third-order valence-corrected chi connectivity index (χ3v) is 3.21. The molecule has 0 amide bonds. The molecule has 21 heavy (non-hydrogen) atoms. The van der Waals surface area contributed by atoms with Gasteiger partial charge in [0.15, 0.2) is 0 Å². The topological polar surface area (TPSA) is 62.7 Å². The Morgan fingerprint density at radius 2 is 1.86 bits per heavy atom. The van der Waals surface area contributed by atoms with Gasteiger partial charge in [0.2, 0.25) is 0 Å². The van der Waals surface area contributed by atoms with Crippen molar-refractivity contribution in [2.24, 2.45) is 0 Å². The van der Waals surface area contributed by atoms with Crippen LogP contribution in [-0.2, 0) is 12.0 Å².